The molecule has 1 aliphatic carbocycles. The maximum Gasteiger partial charge on any atom is 0.328 e. The zero-order valence-electron chi connectivity index (χ0n) is 38.3. The summed E-state index contributed by atoms with van der Waals surface area (Å²) in [4.78, 5) is 75.9. The molecule has 0 unspecified atom stereocenters. The van der Waals surface area contributed by atoms with E-state index in [0.29, 0.717) is 53.9 Å². The fourth-order valence-electron chi connectivity index (χ4n) is 10.2. The lowest BCUT2D eigenvalue weighted by atomic mass is 9.69. The minimum Gasteiger partial charge on any atom is -0.493 e. The molecule has 69 heavy (non-hydrogen) atoms. The van der Waals surface area contributed by atoms with Crippen LogP contribution in [-0.2, 0) is 21.5 Å². The topological polar surface area (TPSA) is 191 Å². The number of halogens is 1. The number of aliphatic hydroxyl groups excluding tert-OH is 1. The van der Waals surface area contributed by atoms with Gasteiger partial charge in [-0.2, -0.15) is 0 Å². The molecule has 4 amide bonds. The predicted octanol–water partition coefficient (Wildman–Crippen LogP) is 8.55. The van der Waals surface area contributed by atoms with E-state index in [1.165, 1.54) is 20.9 Å². The van der Waals surface area contributed by atoms with Gasteiger partial charge in [-0.25, -0.2) is 9.59 Å². The number of carboxylic acids is 2. The van der Waals surface area contributed by atoms with Gasteiger partial charge in [-0.3, -0.25) is 33.9 Å². The Balaban J connectivity index is 0.000000184. The SMILES string of the molecule is COc1ccc2c3c1O[C@H]1C[C@@H](O)C=C[C@@]31CCN(CCCCCN1C(=O)c3cccc4cccc(c34)C1=O)C2.O=C(O)/C=C/C(=O)O.O=C1c2cccc3cccc(c23)C(=O)N1CCCCCBr. The first kappa shape index (κ1) is 48.8. The average molecular weight is 1000 g/mol. The van der Waals surface area contributed by atoms with E-state index in [0.717, 1.165) is 103 Å². The molecule has 0 fully saturated rings. The summed E-state index contributed by atoms with van der Waals surface area (Å²) < 4.78 is 12.1. The molecule has 5 aromatic carbocycles. The molecule has 14 nitrogen and oxygen atoms in total. The highest BCUT2D eigenvalue weighted by atomic mass is 79.9. The summed E-state index contributed by atoms with van der Waals surface area (Å²) in [6.07, 6.45) is 11.8. The van der Waals surface area contributed by atoms with Gasteiger partial charge in [0.25, 0.3) is 23.6 Å². The average Bonchev–Trinajstić information content (AvgIpc) is 3.59. The predicted molar refractivity (Wildman–Crippen MR) is 263 cm³/mol. The molecule has 3 atom stereocenters. The lowest BCUT2D eigenvalue weighted by Crippen LogP contribution is -2.43. The Kier molecular flexibility index (Phi) is 15.1. The van der Waals surface area contributed by atoms with Crippen LogP contribution in [0.15, 0.2) is 109 Å². The molecule has 0 saturated heterocycles. The highest BCUT2D eigenvalue weighted by Crippen LogP contribution is 2.55. The first-order valence-corrected chi connectivity index (χ1v) is 24.4. The number of ether oxygens (including phenoxy) is 2. The van der Waals surface area contributed by atoms with Gasteiger partial charge in [0.05, 0.1) is 18.6 Å². The number of nitrogens with zero attached hydrogens (tertiary/aromatic N) is 3. The molecule has 5 aliphatic rings. The fourth-order valence-corrected chi connectivity index (χ4v) is 10.6. The van der Waals surface area contributed by atoms with E-state index in [1.54, 1.807) is 7.11 Å². The number of hydrogen-bond acceptors (Lipinski definition) is 10. The summed E-state index contributed by atoms with van der Waals surface area (Å²) in [6.45, 7) is 3.64. The Hall–Kier alpha value is -6.68. The minimum atomic E-state index is -1.26. The molecule has 0 saturated carbocycles. The van der Waals surface area contributed by atoms with Gasteiger partial charge in [-0.15, -0.1) is 0 Å². The van der Waals surface area contributed by atoms with Gasteiger partial charge >= 0.3 is 11.9 Å². The molecule has 4 heterocycles. The third-order valence-electron chi connectivity index (χ3n) is 13.5. The molecule has 0 bridgehead atoms. The van der Waals surface area contributed by atoms with Gasteiger partial charge in [-0.1, -0.05) is 95.5 Å². The van der Waals surface area contributed by atoms with Crippen molar-refractivity contribution in [3.05, 3.63) is 143 Å². The van der Waals surface area contributed by atoms with Crippen molar-refractivity contribution in [2.75, 3.05) is 38.6 Å². The van der Waals surface area contributed by atoms with Crippen molar-refractivity contribution in [1.29, 1.82) is 0 Å². The second kappa shape index (κ2) is 21.3. The van der Waals surface area contributed by atoms with Gasteiger partial charge in [0.15, 0.2) is 11.5 Å². The third-order valence-corrected chi connectivity index (χ3v) is 14.0. The largest absolute Gasteiger partial charge is 0.493 e. The van der Waals surface area contributed by atoms with Crippen LogP contribution >= 0.6 is 15.9 Å². The monoisotopic (exact) mass is 999 g/mol. The first-order chi connectivity index (χ1) is 33.4. The molecular formula is C54H54BrN3O11. The van der Waals surface area contributed by atoms with Crippen LogP contribution in [0.25, 0.3) is 21.5 Å². The summed E-state index contributed by atoms with van der Waals surface area (Å²) in [5.41, 5.74) is 4.77. The Morgan fingerprint density at radius 1 is 0.710 bits per heavy atom. The molecule has 0 radical (unpaired) electrons. The number of carbonyl (C=O) groups excluding carboxylic acids is 4. The molecule has 4 aliphatic heterocycles. The van der Waals surface area contributed by atoms with Gasteiger partial charge in [0, 0.05) is 82.1 Å². The lowest BCUT2D eigenvalue weighted by molar-refractivity contribution is -0.134. The number of imide groups is 2. The summed E-state index contributed by atoms with van der Waals surface area (Å²) in [5.74, 6) is -1.63. The molecule has 358 valence electrons. The Morgan fingerprint density at radius 2 is 1.20 bits per heavy atom. The molecular weight excluding hydrogens is 947 g/mol. The number of amides is 4. The Labute approximate surface area is 407 Å². The smallest absolute Gasteiger partial charge is 0.328 e. The lowest BCUT2D eigenvalue weighted by Gasteiger charge is -2.36. The van der Waals surface area contributed by atoms with Crippen LogP contribution in [-0.4, -0.2) is 116 Å². The van der Waals surface area contributed by atoms with Crippen molar-refractivity contribution in [2.45, 2.75) is 75.5 Å². The second-order valence-electron chi connectivity index (χ2n) is 17.7. The maximum atomic E-state index is 13.2. The maximum absolute atomic E-state index is 13.2. The quantitative estimate of drug-likeness (QED) is 0.0316. The van der Waals surface area contributed by atoms with E-state index in [1.807, 2.05) is 84.9 Å². The number of alkyl halides is 1. The second-order valence-corrected chi connectivity index (χ2v) is 18.5. The van der Waals surface area contributed by atoms with Crippen LogP contribution in [0, 0.1) is 0 Å². The van der Waals surface area contributed by atoms with E-state index in [2.05, 4.69) is 33.0 Å². The van der Waals surface area contributed by atoms with Gasteiger partial charge in [0.1, 0.15) is 6.10 Å². The van der Waals surface area contributed by atoms with E-state index in [-0.39, 0.29) is 35.1 Å². The number of hydrogen-bond donors (Lipinski definition) is 3. The van der Waals surface area contributed by atoms with Crippen LogP contribution < -0.4 is 9.47 Å². The van der Waals surface area contributed by atoms with Crippen LogP contribution in [0.5, 0.6) is 11.5 Å². The molecule has 5 aromatic rings. The number of benzene rings is 5. The number of carbonyl (C=O) groups is 6. The van der Waals surface area contributed by atoms with Gasteiger partial charge < -0.3 is 24.8 Å². The molecule has 3 N–H and O–H groups in total. The highest BCUT2D eigenvalue weighted by molar-refractivity contribution is 9.09. The normalized spacial score (nSPS) is 19.9. The third kappa shape index (κ3) is 9.94. The summed E-state index contributed by atoms with van der Waals surface area (Å²) in [5, 5.41) is 30.3. The van der Waals surface area contributed by atoms with Gasteiger partial charge in [0.2, 0.25) is 0 Å². The van der Waals surface area contributed by atoms with Crippen molar-refractivity contribution in [1.82, 2.24) is 14.7 Å². The van der Waals surface area contributed by atoms with Gasteiger partial charge in [-0.05, 0) is 91.9 Å². The van der Waals surface area contributed by atoms with Crippen molar-refractivity contribution in [3.8, 4) is 11.5 Å². The zero-order valence-corrected chi connectivity index (χ0v) is 39.9. The minimum absolute atomic E-state index is 0.0897. The first-order valence-electron chi connectivity index (χ1n) is 23.3. The van der Waals surface area contributed by atoms with Crippen LogP contribution in [0.1, 0.15) is 104 Å². The highest BCUT2D eigenvalue weighted by Gasteiger charge is 2.52. The number of rotatable bonds is 14. The summed E-state index contributed by atoms with van der Waals surface area (Å²) >= 11 is 3.39. The van der Waals surface area contributed by atoms with E-state index < -0.39 is 18.0 Å². The number of methoxy groups -OCH3 is 1. The molecule has 1 spiro atoms. The van der Waals surface area contributed by atoms with Crippen LogP contribution in [0.3, 0.4) is 0 Å². The number of unbranched alkanes of at least 4 members (excludes halogenated alkanes) is 4. The van der Waals surface area contributed by atoms with Crippen molar-refractivity contribution >= 4 is 73.0 Å². The zero-order chi connectivity index (χ0) is 48.8. The Bertz CT molecular complexity index is 2780. The van der Waals surface area contributed by atoms with E-state index in [9.17, 15) is 33.9 Å². The van der Waals surface area contributed by atoms with Crippen LogP contribution in [0.4, 0.5) is 0 Å². The van der Waals surface area contributed by atoms with Crippen molar-refractivity contribution in [3.63, 3.8) is 0 Å². The number of aliphatic carboxylic acids is 2. The van der Waals surface area contributed by atoms with Crippen molar-refractivity contribution < 1.29 is 53.6 Å². The molecule has 0 aromatic heterocycles. The van der Waals surface area contributed by atoms with E-state index in [4.69, 9.17) is 19.7 Å². The molecule has 10 rings (SSSR count). The summed E-state index contributed by atoms with van der Waals surface area (Å²) in [7, 11) is 1.67. The standard InChI is InChI=1S/C33H34N2O5.C17H16BrNO2.C4H4O4/c1-39-26-12-11-22-20-34(18-15-33-14-13-23(36)19-27(33)40-30(26)29(22)33)16-3-2-4-17-35-31(37)24-9-5-7-21-8-6-10-25(28(21)24)32(35)38;18-10-2-1-3-11-19-16(20)13-8-4-6-12-7-5-9-14(15(12)13)17(19)21;5-3(6)1-2-4(7)8/h5-14,23,27,36H,2-4,15-20H2,1H3;4-9H,1-3,10-11H2;1-2H,(H,5,6)(H,7,8)/b;;2-1+/t23-,27-,33-;;/m0../s1. The number of aliphatic hydroxyl groups is 1. The Morgan fingerprint density at radius 3 is 1.68 bits per heavy atom. The van der Waals surface area contributed by atoms with Crippen LogP contribution in [0.2, 0.25) is 0 Å². The number of carboxylic acid groups (broad SMARTS) is 2. The van der Waals surface area contributed by atoms with E-state index >= 15 is 0 Å². The summed E-state index contributed by atoms with van der Waals surface area (Å²) in [6, 6.07) is 26.7. The molecule has 15 heteroatoms. The van der Waals surface area contributed by atoms with Crippen molar-refractivity contribution in [2.24, 2.45) is 0 Å². The fraction of sp³-hybridized carbons (Fsp3) is 0.333.